The Bertz CT molecular complexity index is 118. The maximum Gasteiger partial charge on any atom is 0.0875 e. The van der Waals surface area contributed by atoms with Gasteiger partial charge >= 0.3 is 0 Å². The van der Waals surface area contributed by atoms with Crippen LogP contribution >= 0.6 is 0 Å². The summed E-state index contributed by atoms with van der Waals surface area (Å²) in [5.74, 6) is 0.795. The van der Waals surface area contributed by atoms with Crippen molar-refractivity contribution in [3.8, 4) is 0 Å². The molecule has 0 spiro atoms. The molecule has 0 saturated carbocycles. The molecule has 0 heterocycles. The number of allylic oxidation sites excluding steroid dienone is 1. The lowest BCUT2D eigenvalue weighted by Gasteiger charge is -2.06. The second-order valence-electron chi connectivity index (χ2n) is 3.69. The molecule has 0 aliphatic rings. The third-order valence-electron chi connectivity index (χ3n) is 2.34. The van der Waals surface area contributed by atoms with Crippen molar-refractivity contribution >= 4 is 0 Å². The summed E-state index contributed by atoms with van der Waals surface area (Å²) in [6, 6.07) is 0. The van der Waals surface area contributed by atoms with Crippen LogP contribution in [0.4, 0.5) is 0 Å². The van der Waals surface area contributed by atoms with Crippen molar-refractivity contribution in [2.24, 2.45) is 5.92 Å². The highest BCUT2D eigenvalue weighted by Gasteiger charge is 1.96. The first-order valence-electron chi connectivity index (χ1n) is 5.57. The van der Waals surface area contributed by atoms with Crippen LogP contribution in [0, 0.1) is 5.92 Å². The molecular weight excluding hydrogens is 160 g/mol. The van der Waals surface area contributed by atoms with Crippen LogP contribution in [-0.4, -0.2) is 6.61 Å². The van der Waals surface area contributed by atoms with Gasteiger partial charge in [-0.3, -0.25) is 0 Å². The summed E-state index contributed by atoms with van der Waals surface area (Å²) < 4.78 is 5.37. The molecule has 0 bridgehead atoms. The highest BCUT2D eigenvalue weighted by molar-refractivity contribution is 4.72. The molecule has 0 fully saturated rings. The molecule has 0 saturated heterocycles. The minimum Gasteiger partial charge on any atom is -0.502 e. The van der Waals surface area contributed by atoms with Crippen molar-refractivity contribution in [2.75, 3.05) is 6.61 Å². The van der Waals surface area contributed by atoms with E-state index in [1.165, 1.54) is 25.7 Å². The van der Waals surface area contributed by atoms with E-state index in [2.05, 4.69) is 26.8 Å². The van der Waals surface area contributed by atoms with E-state index >= 15 is 0 Å². The van der Waals surface area contributed by atoms with Crippen molar-refractivity contribution in [1.29, 1.82) is 0 Å². The number of hydrogen-bond acceptors (Lipinski definition) is 1. The SMILES string of the molecule is CCCCC=COCCC(C)CC. The molecule has 0 aromatic heterocycles. The third kappa shape index (κ3) is 9.45. The zero-order valence-electron chi connectivity index (χ0n) is 9.38. The molecule has 13 heavy (non-hydrogen) atoms. The number of unbranched alkanes of at least 4 members (excludes halogenated alkanes) is 2. The Morgan fingerprint density at radius 2 is 2.08 bits per heavy atom. The predicted molar refractivity (Wildman–Crippen MR) is 58.7 cm³/mol. The summed E-state index contributed by atoms with van der Waals surface area (Å²) in [4.78, 5) is 0. The van der Waals surface area contributed by atoms with Gasteiger partial charge < -0.3 is 4.74 Å². The zero-order chi connectivity index (χ0) is 9.94. The van der Waals surface area contributed by atoms with E-state index in [0.29, 0.717) is 0 Å². The van der Waals surface area contributed by atoms with Crippen LogP contribution in [0.3, 0.4) is 0 Å². The lowest BCUT2D eigenvalue weighted by atomic mass is 10.1. The van der Waals surface area contributed by atoms with E-state index in [4.69, 9.17) is 4.74 Å². The third-order valence-corrected chi connectivity index (χ3v) is 2.34. The van der Waals surface area contributed by atoms with Crippen LogP contribution in [0.5, 0.6) is 0 Å². The molecule has 1 atom stereocenters. The van der Waals surface area contributed by atoms with Crippen molar-refractivity contribution < 1.29 is 4.74 Å². The Balaban J connectivity index is 3.10. The highest BCUT2D eigenvalue weighted by Crippen LogP contribution is 2.06. The maximum absolute atomic E-state index is 5.37. The molecule has 0 amide bonds. The van der Waals surface area contributed by atoms with E-state index in [9.17, 15) is 0 Å². The lowest BCUT2D eigenvalue weighted by molar-refractivity contribution is 0.223. The normalized spacial score (nSPS) is 13.5. The summed E-state index contributed by atoms with van der Waals surface area (Å²) in [6.07, 6.45) is 10.1. The fourth-order valence-electron chi connectivity index (χ4n) is 0.999. The summed E-state index contributed by atoms with van der Waals surface area (Å²) in [5.41, 5.74) is 0. The minimum atomic E-state index is 0.795. The molecule has 1 unspecified atom stereocenters. The lowest BCUT2D eigenvalue weighted by Crippen LogP contribution is -1.97. The molecule has 1 nitrogen and oxygen atoms in total. The summed E-state index contributed by atoms with van der Waals surface area (Å²) in [5, 5.41) is 0. The quantitative estimate of drug-likeness (QED) is 0.407. The summed E-state index contributed by atoms with van der Waals surface area (Å²) >= 11 is 0. The largest absolute Gasteiger partial charge is 0.502 e. The maximum atomic E-state index is 5.37. The predicted octanol–water partition coefficient (Wildman–Crippen LogP) is 4.14. The first-order valence-corrected chi connectivity index (χ1v) is 5.57. The molecule has 0 aromatic rings. The van der Waals surface area contributed by atoms with Crippen molar-refractivity contribution in [3.05, 3.63) is 12.3 Å². The molecular formula is C12H24O. The summed E-state index contributed by atoms with van der Waals surface area (Å²) in [6.45, 7) is 7.57. The van der Waals surface area contributed by atoms with Gasteiger partial charge in [-0.15, -0.1) is 0 Å². The Morgan fingerprint density at radius 3 is 2.69 bits per heavy atom. The van der Waals surface area contributed by atoms with Gasteiger partial charge in [0, 0.05) is 0 Å². The molecule has 1 heteroatoms. The van der Waals surface area contributed by atoms with Crippen molar-refractivity contribution in [3.63, 3.8) is 0 Å². The van der Waals surface area contributed by atoms with Crippen LogP contribution in [0.15, 0.2) is 12.3 Å². The highest BCUT2D eigenvalue weighted by atomic mass is 16.5. The second-order valence-corrected chi connectivity index (χ2v) is 3.69. The van der Waals surface area contributed by atoms with Crippen molar-refractivity contribution in [2.45, 2.75) is 52.9 Å². The fourth-order valence-corrected chi connectivity index (χ4v) is 0.999. The molecule has 0 aliphatic carbocycles. The Morgan fingerprint density at radius 1 is 1.31 bits per heavy atom. The number of rotatable bonds is 8. The van der Waals surface area contributed by atoms with Gasteiger partial charge in [-0.1, -0.05) is 33.6 Å². The van der Waals surface area contributed by atoms with Gasteiger partial charge in [0.05, 0.1) is 12.9 Å². The minimum absolute atomic E-state index is 0.795. The zero-order valence-corrected chi connectivity index (χ0v) is 9.38. The topological polar surface area (TPSA) is 9.23 Å². The standard InChI is InChI=1S/C12H24O/c1-4-6-7-8-10-13-11-9-12(3)5-2/h8,10,12H,4-7,9,11H2,1-3H3. The van der Waals surface area contributed by atoms with Gasteiger partial charge in [-0.25, -0.2) is 0 Å². The van der Waals surface area contributed by atoms with Crippen molar-refractivity contribution in [1.82, 2.24) is 0 Å². The van der Waals surface area contributed by atoms with Crippen LogP contribution in [0.1, 0.15) is 52.9 Å². The first kappa shape index (κ1) is 12.5. The van der Waals surface area contributed by atoms with E-state index in [1.54, 1.807) is 0 Å². The molecule has 0 rings (SSSR count). The Kier molecular flexibility index (Phi) is 9.29. The second kappa shape index (κ2) is 9.63. The number of ether oxygens (including phenoxy) is 1. The molecule has 0 aliphatic heterocycles. The molecule has 78 valence electrons. The van der Waals surface area contributed by atoms with E-state index < -0.39 is 0 Å². The number of hydrogen-bond donors (Lipinski definition) is 0. The summed E-state index contributed by atoms with van der Waals surface area (Å²) in [7, 11) is 0. The van der Waals surface area contributed by atoms with Crippen LogP contribution in [0.25, 0.3) is 0 Å². The van der Waals surface area contributed by atoms with Gasteiger partial charge in [-0.05, 0) is 31.3 Å². The molecule has 0 N–H and O–H groups in total. The first-order chi connectivity index (χ1) is 6.31. The van der Waals surface area contributed by atoms with Gasteiger partial charge in [-0.2, -0.15) is 0 Å². The smallest absolute Gasteiger partial charge is 0.0875 e. The van der Waals surface area contributed by atoms with E-state index in [-0.39, 0.29) is 0 Å². The molecule has 0 aromatic carbocycles. The van der Waals surface area contributed by atoms with E-state index in [1.807, 2.05) is 6.26 Å². The van der Waals surface area contributed by atoms with Gasteiger partial charge in [0.1, 0.15) is 0 Å². The Labute approximate surface area is 83.2 Å². The van der Waals surface area contributed by atoms with Gasteiger partial charge in [0.2, 0.25) is 0 Å². The monoisotopic (exact) mass is 184 g/mol. The van der Waals surface area contributed by atoms with Crippen LogP contribution in [-0.2, 0) is 4.74 Å². The molecule has 0 radical (unpaired) electrons. The average molecular weight is 184 g/mol. The van der Waals surface area contributed by atoms with Gasteiger partial charge in [0.25, 0.3) is 0 Å². The van der Waals surface area contributed by atoms with E-state index in [0.717, 1.165) is 18.9 Å². The van der Waals surface area contributed by atoms with Crippen LogP contribution in [0.2, 0.25) is 0 Å². The Hall–Kier alpha value is -0.460. The van der Waals surface area contributed by atoms with Crippen LogP contribution < -0.4 is 0 Å². The van der Waals surface area contributed by atoms with Gasteiger partial charge in [0.15, 0.2) is 0 Å². The fraction of sp³-hybridized carbons (Fsp3) is 0.833. The average Bonchev–Trinajstić information content (AvgIpc) is 2.16.